The van der Waals surface area contributed by atoms with Gasteiger partial charge in [-0.05, 0) is 35.0 Å². The molecular weight excluding hydrogens is 220 g/mol. The van der Waals surface area contributed by atoms with Gasteiger partial charge in [0.2, 0.25) is 0 Å². The van der Waals surface area contributed by atoms with E-state index in [-0.39, 0.29) is 0 Å². The Labute approximate surface area is 107 Å². The van der Waals surface area contributed by atoms with Crippen molar-refractivity contribution in [1.82, 2.24) is 4.98 Å². The van der Waals surface area contributed by atoms with E-state index in [1.807, 2.05) is 24.5 Å². The van der Waals surface area contributed by atoms with E-state index in [0.717, 1.165) is 5.69 Å². The minimum atomic E-state index is 1.14. The molecule has 0 saturated carbocycles. The fourth-order valence-corrected chi connectivity index (χ4v) is 2.10. The summed E-state index contributed by atoms with van der Waals surface area (Å²) in [7, 11) is 2.07. The molecule has 0 atom stereocenters. The Morgan fingerprint density at radius 2 is 1.50 bits per heavy atom. The van der Waals surface area contributed by atoms with Gasteiger partial charge in [0, 0.05) is 30.8 Å². The first kappa shape index (κ1) is 10.8. The number of benzene rings is 2. The third kappa shape index (κ3) is 1.93. The van der Waals surface area contributed by atoms with Gasteiger partial charge in [-0.25, -0.2) is 0 Å². The normalized spacial score (nSPS) is 10.5. The number of anilines is 2. The lowest BCUT2D eigenvalue weighted by atomic mass is 10.1. The minimum absolute atomic E-state index is 1.14. The SMILES string of the molecule is CN(c1ccncc1)c1ccc2ccccc2c1. The molecule has 1 aromatic heterocycles. The molecule has 0 amide bonds. The summed E-state index contributed by atoms with van der Waals surface area (Å²) < 4.78 is 0. The zero-order valence-corrected chi connectivity index (χ0v) is 10.2. The van der Waals surface area contributed by atoms with E-state index >= 15 is 0 Å². The second kappa shape index (κ2) is 4.49. The van der Waals surface area contributed by atoms with Crippen LogP contribution in [0.5, 0.6) is 0 Å². The van der Waals surface area contributed by atoms with Crippen LogP contribution in [0.4, 0.5) is 11.4 Å². The number of aromatic nitrogens is 1. The van der Waals surface area contributed by atoms with Crippen molar-refractivity contribution >= 4 is 22.1 Å². The van der Waals surface area contributed by atoms with Gasteiger partial charge in [0.25, 0.3) is 0 Å². The van der Waals surface area contributed by atoms with Crippen molar-refractivity contribution in [3.63, 3.8) is 0 Å². The molecule has 2 nitrogen and oxygen atoms in total. The van der Waals surface area contributed by atoms with E-state index in [9.17, 15) is 0 Å². The fraction of sp³-hybridized carbons (Fsp3) is 0.0625. The molecule has 1 heterocycles. The largest absolute Gasteiger partial charge is 0.345 e. The lowest BCUT2D eigenvalue weighted by Crippen LogP contribution is -2.08. The number of rotatable bonds is 2. The minimum Gasteiger partial charge on any atom is -0.345 e. The van der Waals surface area contributed by atoms with Gasteiger partial charge in [-0.3, -0.25) is 4.98 Å². The van der Waals surface area contributed by atoms with Crippen LogP contribution < -0.4 is 4.90 Å². The van der Waals surface area contributed by atoms with Crippen molar-refractivity contribution in [2.24, 2.45) is 0 Å². The average Bonchev–Trinajstić information content (AvgIpc) is 2.47. The maximum Gasteiger partial charge on any atom is 0.0438 e. The molecule has 3 aromatic rings. The van der Waals surface area contributed by atoms with Crippen molar-refractivity contribution < 1.29 is 0 Å². The number of hydrogen-bond acceptors (Lipinski definition) is 2. The molecule has 0 aliphatic rings. The first-order valence-electron chi connectivity index (χ1n) is 5.97. The Bertz CT molecular complexity index is 662. The Morgan fingerprint density at radius 3 is 2.28 bits per heavy atom. The van der Waals surface area contributed by atoms with Crippen LogP contribution in [-0.2, 0) is 0 Å². The van der Waals surface area contributed by atoms with Gasteiger partial charge in [0.1, 0.15) is 0 Å². The Kier molecular flexibility index (Phi) is 2.69. The molecule has 0 saturated heterocycles. The maximum atomic E-state index is 4.04. The van der Waals surface area contributed by atoms with Crippen molar-refractivity contribution in [1.29, 1.82) is 0 Å². The van der Waals surface area contributed by atoms with E-state index in [2.05, 4.69) is 59.4 Å². The van der Waals surface area contributed by atoms with Gasteiger partial charge >= 0.3 is 0 Å². The molecular formula is C16H14N2. The van der Waals surface area contributed by atoms with Gasteiger partial charge < -0.3 is 4.90 Å². The molecule has 18 heavy (non-hydrogen) atoms. The first-order chi connectivity index (χ1) is 8.84. The molecule has 0 bridgehead atoms. The molecule has 88 valence electrons. The molecule has 3 rings (SSSR count). The molecule has 0 spiro atoms. The summed E-state index contributed by atoms with van der Waals surface area (Å²) in [6.45, 7) is 0. The second-order valence-corrected chi connectivity index (χ2v) is 4.30. The van der Waals surface area contributed by atoms with E-state index in [0.29, 0.717) is 0 Å². The van der Waals surface area contributed by atoms with E-state index < -0.39 is 0 Å². The number of fused-ring (bicyclic) bond motifs is 1. The maximum absolute atomic E-state index is 4.04. The van der Waals surface area contributed by atoms with Crippen molar-refractivity contribution in [2.75, 3.05) is 11.9 Å². The van der Waals surface area contributed by atoms with Gasteiger partial charge in [-0.2, -0.15) is 0 Å². The summed E-state index contributed by atoms with van der Waals surface area (Å²) in [6, 6.07) is 18.9. The summed E-state index contributed by atoms with van der Waals surface area (Å²) in [5.41, 5.74) is 2.32. The Hall–Kier alpha value is -2.35. The third-order valence-corrected chi connectivity index (χ3v) is 3.17. The highest BCUT2D eigenvalue weighted by Gasteiger charge is 2.03. The fourth-order valence-electron chi connectivity index (χ4n) is 2.10. The highest BCUT2D eigenvalue weighted by Crippen LogP contribution is 2.26. The standard InChI is InChI=1S/C16H14N2/c1-18(15-8-10-17-11-9-15)16-7-6-13-4-2-3-5-14(13)12-16/h2-12H,1H3. The van der Waals surface area contributed by atoms with Gasteiger partial charge in [-0.15, -0.1) is 0 Å². The topological polar surface area (TPSA) is 16.1 Å². The number of hydrogen-bond donors (Lipinski definition) is 0. The summed E-state index contributed by atoms with van der Waals surface area (Å²) in [5.74, 6) is 0. The van der Waals surface area contributed by atoms with Gasteiger partial charge in [0.15, 0.2) is 0 Å². The van der Waals surface area contributed by atoms with Gasteiger partial charge in [-0.1, -0.05) is 30.3 Å². The van der Waals surface area contributed by atoms with Crippen molar-refractivity contribution in [2.45, 2.75) is 0 Å². The zero-order chi connectivity index (χ0) is 12.4. The van der Waals surface area contributed by atoms with Crippen LogP contribution in [0.3, 0.4) is 0 Å². The van der Waals surface area contributed by atoms with Crippen LogP contribution in [0.1, 0.15) is 0 Å². The summed E-state index contributed by atoms with van der Waals surface area (Å²) in [4.78, 5) is 6.21. The van der Waals surface area contributed by atoms with Crippen LogP contribution in [0, 0.1) is 0 Å². The highest BCUT2D eigenvalue weighted by molar-refractivity contribution is 5.86. The van der Waals surface area contributed by atoms with Crippen LogP contribution >= 0.6 is 0 Å². The number of nitrogens with zero attached hydrogens (tertiary/aromatic N) is 2. The average molecular weight is 234 g/mol. The van der Waals surface area contributed by atoms with E-state index in [1.165, 1.54) is 16.5 Å². The Morgan fingerprint density at radius 1 is 0.778 bits per heavy atom. The quantitative estimate of drug-likeness (QED) is 0.666. The van der Waals surface area contributed by atoms with Crippen LogP contribution in [0.2, 0.25) is 0 Å². The Balaban J connectivity index is 2.04. The second-order valence-electron chi connectivity index (χ2n) is 4.30. The first-order valence-corrected chi connectivity index (χ1v) is 5.97. The zero-order valence-electron chi connectivity index (χ0n) is 10.2. The molecule has 0 aliphatic heterocycles. The molecule has 0 radical (unpaired) electrons. The molecule has 0 aliphatic carbocycles. The summed E-state index contributed by atoms with van der Waals surface area (Å²) >= 11 is 0. The highest BCUT2D eigenvalue weighted by atomic mass is 15.1. The van der Waals surface area contributed by atoms with Crippen molar-refractivity contribution in [3.8, 4) is 0 Å². The summed E-state index contributed by atoms with van der Waals surface area (Å²) in [5, 5.41) is 2.53. The predicted octanol–water partition coefficient (Wildman–Crippen LogP) is 4.00. The van der Waals surface area contributed by atoms with Crippen molar-refractivity contribution in [3.05, 3.63) is 67.0 Å². The van der Waals surface area contributed by atoms with Crippen LogP contribution in [0.25, 0.3) is 10.8 Å². The lowest BCUT2D eigenvalue weighted by Gasteiger charge is -2.19. The lowest BCUT2D eigenvalue weighted by molar-refractivity contribution is 1.19. The summed E-state index contributed by atoms with van der Waals surface area (Å²) in [6.07, 6.45) is 3.62. The molecule has 0 unspecified atom stereocenters. The van der Waals surface area contributed by atoms with E-state index in [1.54, 1.807) is 0 Å². The van der Waals surface area contributed by atoms with E-state index in [4.69, 9.17) is 0 Å². The molecule has 2 heteroatoms. The van der Waals surface area contributed by atoms with Gasteiger partial charge in [0.05, 0.1) is 0 Å². The monoisotopic (exact) mass is 234 g/mol. The molecule has 0 fully saturated rings. The molecule has 2 aromatic carbocycles. The third-order valence-electron chi connectivity index (χ3n) is 3.17. The molecule has 0 N–H and O–H groups in total. The van der Waals surface area contributed by atoms with Crippen LogP contribution in [-0.4, -0.2) is 12.0 Å². The number of pyridine rings is 1. The predicted molar refractivity (Wildman–Crippen MR) is 76.2 cm³/mol. The van der Waals surface area contributed by atoms with Crippen LogP contribution in [0.15, 0.2) is 67.0 Å². The smallest absolute Gasteiger partial charge is 0.0438 e.